The molecule has 0 amide bonds. The van der Waals surface area contributed by atoms with Crippen LogP contribution in [-0.4, -0.2) is 16.1 Å². The molecule has 94 valence electrons. The lowest BCUT2D eigenvalue weighted by Gasteiger charge is -2.12. The fraction of sp³-hybridized carbons (Fsp3) is 0.500. The molecule has 0 fully saturated rings. The standard InChI is InChI=1S/C10H17N5OS/c1-10(2,3)6-4-14-7(16-6)5-17-9(13)15-8(11)12/h4H,5H2,1-3H3,(H5,11,12,13,15). The first-order chi connectivity index (χ1) is 7.79. The molecule has 0 aliphatic heterocycles. The van der Waals surface area contributed by atoms with Gasteiger partial charge in [-0.25, -0.2) is 4.98 Å². The van der Waals surface area contributed by atoms with Crippen LogP contribution in [0.1, 0.15) is 32.4 Å². The molecule has 0 aromatic carbocycles. The lowest BCUT2D eigenvalue weighted by Crippen LogP contribution is -2.23. The average molecular weight is 255 g/mol. The molecule has 17 heavy (non-hydrogen) atoms. The Kier molecular flexibility index (Phi) is 4.17. The number of oxazole rings is 1. The summed E-state index contributed by atoms with van der Waals surface area (Å²) in [5, 5.41) is 7.49. The largest absolute Gasteiger partial charge is 0.444 e. The van der Waals surface area contributed by atoms with Crippen molar-refractivity contribution in [2.75, 3.05) is 0 Å². The van der Waals surface area contributed by atoms with Crippen LogP contribution in [-0.2, 0) is 11.2 Å². The van der Waals surface area contributed by atoms with Crippen LogP contribution in [0.5, 0.6) is 0 Å². The molecule has 0 unspecified atom stereocenters. The quantitative estimate of drug-likeness (QED) is 0.546. The van der Waals surface area contributed by atoms with Crippen LogP contribution in [0.2, 0.25) is 0 Å². The van der Waals surface area contributed by atoms with E-state index in [1.165, 1.54) is 0 Å². The average Bonchev–Trinajstić information content (AvgIpc) is 2.61. The van der Waals surface area contributed by atoms with Gasteiger partial charge in [0.25, 0.3) is 0 Å². The zero-order valence-corrected chi connectivity index (χ0v) is 11.0. The minimum atomic E-state index is -0.120. The van der Waals surface area contributed by atoms with Crippen LogP contribution < -0.4 is 11.5 Å². The number of hydrogen-bond acceptors (Lipinski definition) is 4. The maximum absolute atomic E-state index is 7.44. The predicted molar refractivity (Wildman–Crippen MR) is 70.0 cm³/mol. The topological polar surface area (TPSA) is 114 Å². The van der Waals surface area contributed by atoms with Gasteiger partial charge in [-0.3, -0.25) is 5.41 Å². The van der Waals surface area contributed by atoms with Gasteiger partial charge in [0.15, 0.2) is 11.1 Å². The number of thioether (sulfide) groups is 1. The van der Waals surface area contributed by atoms with Crippen molar-refractivity contribution in [3.8, 4) is 0 Å². The maximum Gasteiger partial charge on any atom is 0.204 e. The molecule has 1 rings (SSSR count). The first-order valence-electron chi connectivity index (χ1n) is 5.05. The molecule has 0 bridgehead atoms. The lowest BCUT2D eigenvalue weighted by molar-refractivity contribution is 0.391. The van der Waals surface area contributed by atoms with Gasteiger partial charge in [0, 0.05) is 5.41 Å². The third-order valence-electron chi connectivity index (χ3n) is 1.86. The highest BCUT2D eigenvalue weighted by Crippen LogP contribution is 2.24. The molecule has 0 aliphatic rings. The van der Waals surface area contributed by atoms with E-state index in [4.69, 9.17) is 21.3 Å². The molecular weight excluding hydrogens is 238 g/mol. The van der Waals surface area contributed by atoms with Crippen molar-refractivity contribution in [3.63, 3.8) is 0 Å². The molecule has 1 aromatic heterocycles. The molecule has 0 saturated heterocycles. The number of nitrogens with two attached hydrogens (primary N) is 2. The summed E-state index contributed by atoms with van der Waals surface area (Å²) in [6.07, 6.45) is 1.71. The van der Waals surface area contributed by atoms with E-state index in [1.807, 2.05) is 20.8 Å². The third-order valence-corrected chi connectivity index (χ3v) is 2.61. The zero-order chi connectivity index (χ0) is 13.1. The molecular formula is C10H17N5OS. The van der Waals surface area contributed by atoms with Crippen LogP contribution in [0.25, 0.3) is 0 Å². The van der Waals surface area contributed by atoms with E-state index in [0.29, 0.717) is 11.6 Å². The maximum atomic E-state index is 7.44. The second-order valence-electron chi connectivity index (χ2n) is 4.50. The predicted octanol–water partition coefficient (Wildman–Crippen LogP) is 1.41. The molecule has 6 nitrogen and oxygen atoms in total. The number of rotatable bonds is 2. The van der Waals surface area contributed by atoms with E-state index in [0.717, 1.165) is 17.5 Å². The summed E-state index contributed by atoms with van der Waals surface area (Å²) in [6.45, 7) is 6.14. The van der Waals surface area contributed by atoms with E-state index in [-0.39, 0.29) is 16.5 Å². The monoisotopic (exact) mass is 255 g/mol. The summed E-state index contributed by atoms with van der Waals surface area (Å²) in [5.74, 6) is 1.70. The van der Waals surface area contributed by atoms with E-state index in [9.17, 15) is 0 Å². The first kappa shape index (κ1) is 13.6. The molecule has 1 aromatic rings. The van der Waals surface area contributed by atoms with Crippen molar-refractivity contribution in [2.45, 2.75) is 31.9 Å². The summed E-state index contributed by atoms with van der Waals surface area (Å²) in [6, 6.07) is 0. The SMILES string of the molecule is CC(C)(C)c1cnc(CSC(=N)N=C(N)N)o1. The van der Waals surface area contributed by atoms with Crippen molar-refractivity contribution in [1.29, 1.82) is 5.41 Å². The Balaban J connectivity index is 2.57. The van der Waals surface area contributed by atoms with Gasteiger partial charge in [0.1, 0.15) is 5.76 Å². The van der Waals surface area contributed by atoms with Gasteiger partial charge in [-0.05, 0) is 0 Å². The Labute approximate surface area is 104 Å². The van der Waals surface area contributed by atoms with Crippen LogP contribution in [0.3, 0.4) is 0 Å². The number of aliphatic imine (C=N–C) groups is 1. The Morgan fingerprint density at radius 2 is 2.18 bits per heavy atom. The van der Waals surface area contributed by atoms with E-state index in [2.05, 4.69) is 9.98 Å². The van der Waals surface area contributed by atoms with Crippen molar-refractivity contribution in [2.24, 2.45) is 16.5 Å². The smallest absolute Gasteiger partial charge is 0.204 e. The summed E-state index contributed by atoms with van der Waals surface area (Å²) in [4.78, 5) is 7.74. The molecule has 0 aliphatic carbocycles. The minimum Gasteiger partial charge on any atom is -0.444 e. The molecule has 0 saturated carbocycles. The highest BCUT2D eigenvalue weighted by molar-refractivity contribution is 8.13. The summed E-state index contributed by atoms with van der Waals surface area (Å²) in [7, 11) is 0. The van der Waals surface area contributed by atoms with Crippen molar-refractivity contribution >= 4 is 22.9 Å². The second-order valence-corrected chi connectivity index (χ2v) is 5.46. The Hall–Kier alpha value is -1.50. The fourth-order valence-electron chi connectivity index (χ4n) is 1.00. The molecule has 0 spiro atoms. The van der Waals surface area contributed by atoms with Gasteiger partial charge < -0.3 is 15.9 Å². The van der Waals surface area contributed by atoms with Gasteiger partial charge in [-0.15, -0.1) is 0 Å². The Bertz CT molecular complexity index is 428. The van der Waals surface area contributed by atoms with E-state index < -0.39 is 0 Å². The van der Waals surface area contributed by atoms with Crippen LogP contribution in [0, 0.1) is 5.41 Å². The highest BCUT2D eigenvalue weighted by atomic mass is 32.2. The second kappa shape index (κ2) is 5.22. The normalized spacial score (nSPS) is 11.2. The number of aromatic nitrogens is 1. The van der Waals surface area contributed by atoms with Crippen molar-refractivity contribution in [1.82, 2.24) is 4.98 Å². The molecule has 5 N–H and O–H groups in total. The van der Waals surface area contributed by atoms with E-state index in [1.54, 1.807) is 6.20 Å². The Morgan fingerprint density at radius 1 is 1.53 bits per heavy atom. The fourth-order valence-corrected chi connectivity index (χ4v) is 1.57. The number of nitrogens with zero attached hydrogens (tertiary/aromatic N) is 2. The van der Waals surface area contributed by atoms with Crippen molar-refractivity contribution in [3.05, 3.63) is 17.8 Å². The van der Waals surface area contributed by atoms with Gasteiger partial charge in [0.05, 0.1) is 11.9 Å². The summed E-state index contributed by atoms with van der Waals surface area (Å²) < 4.78 is 5.56. The molecule has 1 heterocycles. The highest BCUT2D eigenvalue weighted by Gasteiger charge is 2.19. The Morgan fingerprint density at radius 3 is 2.65 bits per heavy atom. The number of amidine groups is 1. The van der Waals surface area contributed by atoms with Gasteiger partial charge in [-0.2, -0.15) is 4.99 Å². The minimum absolute atomic E-state index is 0.0421. The number of guanidine groups is 1. The number of nitrogens with one attached hydrogen (secondary N) is 1. The summed E-state index contributed by atoms with van der Waals surface area (Å²) in [5.41, 5.74) is 10.2. The van der Waals surface area contributed by atoms with Gasteiger partial charge in [-0.1, -0.05) is 32.5 Å². The zero-order valence-electron chi connectivity index (χ0n) is 10.2. The van der Waals surface area contributed by atoms with Crippen LogP contribution in [0.15, 0.2) is 15.6 Å². The summed E-state index contributed by atoms with van der Waals surface area (Å²) >= 11 is 1.16. The number of hydrogen-bond donors (Lipinski definition) is 3. The molecule has 0 atom stereocenters. The molecule has 7 heteroatoms. The van der Waals surface area contributed by atoms with Crippen LogP contribution >= 0.6 is 11.8 Å². The van der Waals surface area contributed by atoms with Crippen molar-refractivity contribution < 1.29 is 4.42 Å². The lowest BCUT2D eigenvalue weighted by atomic mass is 9.94. The van der Waals surface area contributed by atoms with E-state index >= 15 is 0 Å². The van der Waals surface area contributed by atoms with Crippen LogP contribution in [0.4, 0.5) is 0 Å². The van der Waals surface area contributed by atoms with Gasteiger partial charge >= 0.3 is 0 Å². The van der Waals surface area contributed by atoms with Gasteiger partial charge in [0.2, 0.25) is 5.89 Å². The molecule has 0 radical (unpaired) electrons. The third kappa shape index (κ3) is 4.48. The first-order valence-corrected chi connectivity index (χ1v) is 6.04.